The number of hydrogen-bond acceptors (Lipinski definition) is 5. The van der Waals surface area contributed by atoms with Gasteiger partial charge in [-0.05, 0) is 13.8 Å². The summed E-state index contributed by atoms with van der Waals surface area (Å²) in [6.07, 6.45) is -0.290. The van der Waals surface area contributed by atoms with Gasteiger partial charge in [0.05, 0.1) is 13.2 Å². The quantitative estimate of drug-likeness (QED) is 0.471. The summed E-state index contributed by atoms with van der Waals surface area (Å²) in [7, 11) is 0. The molecule has 0 aromatic heterocycles. The average Bonchev–Trinajstić information content (AvgIpc) is 2.08. The third kappa shape index (κ3) is 10.6. The second kappa shape index (κ2) is 10.6. The molecule has 0 spiro atoms. The van der Waals surface area contributed by atoms with Crippen molar-refractivity contribution in [2.45, 2.75) is 20.3 Å². The van der Waals surface area contributed by atoms with Crippen LogP contribution >= 0.6 is 0 Å². The van der Waals surface area contributed by atoms with Crippen LogP contribution in [0.4, 0.5) is 0 Å². The van der Waals surface area contributed by atoms with Gasteiger partial charge in [0.2, 0.25) is 0 Å². The van der Waals surface area contributed by atoms with Crippen molar-refractivity contribution in [1.29, 1.82) is 0 Å². The first-order chi connectivity index (χ1) is 6.20. The van der Waals surface area contributed by atoms with Crippen LogP contribution in [-0.2, 0) is 23.9 Å². The Morgan fingerprint density at radius 3 is 1.54 bits per heavy atom. The second-order valence-corrected chi connectivity index (χ2v) is 1.79. The Bertz CT molecular complexity index is 139. The van der Waals surface area contributed by atoms with Crippen LogP contribution in [0, 0.1) is 0 Å². The van der Waals surface area contributed by atoms with E-state index in [0.717, 1.165) is 0 Å². The number of rotatable bonds is 4. The lowest BCUT2D eigenvalue weighted by molar-refractivity contribution is -0.153. The maximum Gasteiger partial charge on any atom is 0.317 e. The van der Waals surface area contributed by atoms with E-state index < -0.39 is 11.9 Å². The Balaban J connectivity index is 0. The molecule has 0 heterocycles. The van der Waals surface area contributed by atoms with Crippen molar-refractivity contribution < 1.29 is 23.9 Å². The van der Waals surface area contributed by atoms with Crippen LogP contribution in [0.15, 0.2) is 0 Å². The minimum Gasteiger partial charge on any atom is -0.466 e. The summed E-state index contributed by atoms with van der Waals surface area (Å²) in [5.74, 6) is -1.07. The van der Waals surface area contributed by atoms with E-state index in [9.17, 15) is 9.59 Å². The van der Waals surface area contributed by atoms with Crippen LogP contribution in [-0.4, -0.2) is 31.9 Å². The van der Waals surface area contributed by atoms with Gasteiger partial charge in [-0.2, -0.15) is 0 Å². The van der Waals surface area contributed by atoms with Crippen molar-refractivity contribution in [3.05, 3.63) is 0 Å². The van der Waals surface area contributed by atoms with Crippen molar-refractivity contribution in [2.24, 2.45) is 0 Å². The highest BCUT2D eigenvalue weighted by atomic mass is 16.5. The highest BCUT2D eigenvalue weighted by molar-refractivity contribution is 5.91. The molecule has 0 unspecified atom stereocenters. The summed E-state index contributed by atoms with van der Waals surface area (Å²) in [4.78, 5) is 29.2. The van der Waals surface area contributed by atoms with E-state index in [-0.39, 0.29) is 19.6 Å². The Morgan fingerprint density at radius 2 is 1.31 bits per heavy atom. The molecule has 0 aromatic carbocycles. The summed E-state index contributed by atoms with van der Waals surface area (Å²) in [5.41, 5.74) is 0. The number of hydrogen-bond donors (Lipinski definition) is 0. The molecule has 0 radical (unpaired) electrons. The zero-order valence-corrected chi connectivity index (χ0v) is 7.87. The molecule has 0 amide bonds. The van der Waals surface area contributed by atoms with Gasteiger partial charge in [-0.1, -0.05) is 0 Å². The van der Waals surface area contributed by atoms with E-state index in [0.29, 0.717) is 0 Å². The predicted octanol–water partition coefficient (Wildman–Crippen LogP) is 0.318. The van der Waals surface area contributed by atoms with Crippen molar-refractivity contribution in [3.8, 4) is 0 Å². The summed E-state index contributed by atoms with van der Waals surface area (Å²) in [6, 6.07) is 0. The van der Waals surface area contributed by atoms with Gasteiger partial charge in [0, 0.05) is 0 Å². The molecule has 0 aliphatic carbocycles. The molecule has 0 saturated heterocycles. The van der Waals surface area contributed by atoms with E-state index in [1.54, 1.807) is 13.8 Å². The molecule has 0 atom stereocenters. The molecule has 0 fully saturated rings. The number of esters is 2. The normalized spacial score (nSPS) is 7.85. The molecular formula is C8H14O5. The van der Waals surface area contributed by atoms with Gasteiger partial charge in [-0.3, -0.25) is 9.59 Å². The minimum atomic E-state index is -0.536. The molecule has 0 N–H and O–H groups in total. The maximum absolute atomic E-state index is 10.6. The first-order valence-corrected chi connectivity index (χ1v) is 3.80. The summed E-state index contributed by atoms with van der Waals surface area (Å²) in [5, 5.41) is 0. The fraction of sp³-hybridized carbons (Fsp3) is 0.625. The lowest BCUT2D eigenvalue weighted by Gasteiger charge is -2.00. The largest absolute Gasteiger partial charge is 0.466 e. The van der Waals surface area contributed by atoms with Gasteiger partial charge in [0.1, 0.15) is 13.2 Å². The standard InChI is InChI=1S/C7H12O4.CH2O/c1-3-10-6(8)5-7(9)11-4-2;1-2/h3-5H2,1-2H3;1H2. The molecule has 13 heavy (non-hydrogen) atoms. The predicted molar refractivity (Wildman–Crippen MR) is 45.0 cm³/mol. The number of carbonyl (C=O) groups excluding carboxylic acids is 3. The van der Waals surface area contributed by atoms with Crippen molar-refractivity contribution >= 4 is 18.7 Å². The molecule has 5 nitrogen and oxygen atoms in total. The Kier molecular flexibility index (Phi) is 11.6. The third-order valence-electron chi connectivity index (χ3n) is 0.899. The minimum absolute atomic E-state index is 0.290. The fourth-order valence-electron chi connectivity index (χ4n) is 0.542. The van der Waals surface area contributed by atoms with Crippen LogP contribution in [0.25, 0.3) is 0 Å². The number of ether oxygens (including phenoxy) is 2. The van der Waals surface area contributed by atoms with E-state index >= 15 is 0 Å². The van der Waals surface area contributed by atoms with Gasteiger partial charge in [0.25, 0.3) is 0 Å². The first kappa shape index (κ1) is 14.2. The number of carbonyl (C=O) groups is 3. The van der Waals surface area contributed by atoms with Crippen molar-refractivity contribution in [2.75, 3.05) is 13.2 Å². The fourth-order valence-corrected chi connectivity index (χ4v) is 0.542. The summed E-state index contributed by atoms with van der Waals surface area (Å²) >= 11 is 0. The lowest BCUT2D eigenvalue weighted by atomic mass is 10.4. The molecule has 0 bridgehead atoms. The van der Waals surface area contributed by atoms with Crippen molar-refractivity contribution in [1.82, 2.24) is 0 Å². The lowest BCUT2D eigenvalue weighted by Crippen LogP contribution is -2.13. The Labute approximate surface area is 77.0 Å². The Hall–Kier alpha value is -1.39. The Morgan fingerprint density at radius 1 is 1.00 bits per heavy atom. The van der Waals surface area contributed by atoms with Crippen LogP contribution in [0.1, 0.15) is 20.3 Å². The SMILES string of the molecule is C=O.CCOC(=O)CC(=O)OCC. The highest BCUT2D eigenvalue weighted by Crippen LogP contribution is 1.89. The van der Waals surface area contributed by atoms with Gasteiger partial charge in [0.15, 0.2) is 0 Å². The van der Waals surface area contributed by atoms with Gasteiger partial charge < -0.3 is 14.3 Å². The molecular weight excluding hydrogens is 176 g/mol. The van der Waals surface area contributed by atoms with Crippen molar-refractivity contribution in [3.63, 3.8) is 0 Å². The topological polar surface area (TPSA) is 69.7 Å². The van der Waals surface area contributed by atoms with Crippen LogP contribution < -0.4 is 0 Å². The summed E-state index contributed by atoms with van der Waals surface area (Å²) < 4.78 is 9.04. The molecule has 0 aliphatic heterocycles. The van der Waals surface area contributed by atoms with E-state index in [4.69, 9.17) is 4.79 Å². The maximum atomic E-state index is 10.6. The molecule has 0 aromatic rings. The van der Waals surface area contributed by atoms with Crippen LogP contribution in [0.3, 0.4) is 0 Å². The average molecular weight is 190 g/mol. The highest BCUT2D eigenvalue weighted by Gasteiger charge is 2.09. The van der Waals surface area contributed by atoms with Crippen LogP contribution in [0.5, 0.6) is 0 Å². The van der Waals surface area contributed by atoms with Gasteiger partial charge >= 0.3 is 11.9 Å². The zero-order chi connectivity index (χ0) is 10.7. The summed E-state index contributed by atoms with van der Waals surface area (Å²) in [6.45, 7) is 5.95. The van der Waals surface area contributed by atoms with Crippen LogP contribution in [0.2, 0.25) is 0 Å². The molecule has 0 rings (SSSR count). The molecule has 76 valence electrons. The molecule has 5 heteroatoms. The monoisotopic (exact) mass is 190 g/mol. The zero-order valence-electron chi connectivity index (χ0n) is 7.87. The van der Waals surface area contributed by atoms with Gasteiger partial charge in [-0.15, -0.1) is 0 Å². The van der Waals surface area contributed by atoms with E-state index in [1.165, 1.54) is 0 Å². The smallest absolute Gasteiger partial charge is 0.317 e. The second-order valence-electron chi connectivity index (χ2n) is 1.79. The molecule has 0 aliphatic rings. The first-order valence-electron chi connectivity index (χ1n) is 3.80. The van der Waals surface area contributed by atoms with E-state index in [1.807, 2.05) is 6.79 Å². The molecule has 0 saturated carbocycles. The third-order valence-corrected chi connectivity index (χ3v) is 0.899. The van der Waals surface area contributed by atoms with E-state index in [2.05, 4.69) is 9.47 Å². The van der Waals surface area contributed by atoms with Gasteiger partial charge in [-0.25, -0.2) is 0 Å².